The minimum Gasteiger partial charge on any atom is -0.497 e. The van der Waals surface area contributed by atoms with Crippen molar-refractivity contribution in [2.24, 2.45) is 0 Å². The third-order valence-electron chi connectivity index (χ3n) is 5.02. The average molecular weight is 427 g/mol. The number of benzene rings is 2. The molecule has 0 heterocycles. The molecule has 1 unspecified atom stereocenters. The number of carbonyl (C=O) groups excluding carboxylic acids is 2. The van der Waals surface area contributed by atoms with E-state index < -0.39 is 11.6 Å². The zero-order chi connectivity index (χ0) is 23.2. The second-order valence-corrected chi connectivity index (χ2v) is 8.82. The highest BCUT2D eigenvalue weighted by molar-refractivity contribution is 5.88. The van der Waals surface area contributed by atoms with Crippen LogP contribution in [0.15, 0.2) is 42.5 Å². The molecule has 0 aromatic heterocycles. The number of amides is 2. The Labute approximate surface area is 185 Å². The summed E-state index contributed by atoms with van der Waals surface area (Å²) in [5.74, 6) is 0.900. The van der Waals surface area contributed by atoms with Gasteiger partial charge in [0, 0.05) is 12.1 Å². The van der Waals surface area contributed by atoms with Crippen molar-refractivity contribution >= 4 is 11.8 Å². The predicted octanol–water partition coefficient (Wildman–Crippen LogP) is 4.02. The molecule has 0 aliphatic carbocycles. The molecule has 1 N–H and O–H groups in total. The molecule has 0 radical (unpaired) electrons. The van der Waals surface area contributed by atoms with Crippen LogP contribution in [0.4, 0.5) is 0 Å². The van der Waals surface area contributed by atoms with Crippen molar-refractivity contribution < 1.29 is 19.1 Å². The molecule has 1 atom stereocenters. The number of carbonyl (C=O) groups is 2. The number of rotatable bonds is 8. The lowest BCUT2D eigenvalue weighted by molar-refractivity contribution is -0.142. The second-order valence-electron chi connectivity index (χ2n) is 8.82. The lowest BCUT2D eigenvalue weighted by atomic mass is 10.1. The van der Waals surface area contributed by atoms with Gasteiger partial charge in [0.15, 0.2) is 6.61 Å². The number of nitrogens with one attached hydrogen (secondary N) is 1. The van der Waals surface area contributed by atoms with Crippen LogP contribution in [0.1, 0.15) is 44.4 Å². The highest BCUT2D eigenvalue weighted by Crippen LogP contribution is 2.18. The third-order valence-corrected chi connectivity index (χ3v) is 5.02. The Morgan fingerprint density at radius 1 is 1.00 bits per heavy atom. The summed E-state index contributed by atoms with van der Waals surface area (Å²) in [6.45, 7) is 11.6. The monoisotopic (exact) mass is 426 g/mol. The fraction of sp³-hybridized carbons (Fsp3) is 0.440. The number of hydrogen-bond donors (Lipinski definition) is 1. The second kappa shape index (κ2) is 10.3. The van der Waals surface area contributed by atoms with Crippen LogP contribution in [0.5, 0.6) is 11.5 Å². The van der Waals surface area contributed by atoms with Crippen LogP contribution in [-0.2, 0) is 16.1 Å². The van der Waals surface area contributed by atoms with E-state index in [9.17, 15) is 9.59 Å². The summed E-state index contributed by atoms with van der Waals surface area (Å²) in [6.07, 6.45) is 0. The smallest absolute Gasteiger partial charge is 0.261 e. The van der Waals surface area contributed by atoms with Crippen molar-refractivity contribution in [1.29, 1.82) is 0 Å². The lowest BCUT2D eigenvalue weighted by Crippen LogP contribution is -2.53. The minimum absolute atomic E-state index is 0.147. The predicted molar refractivity (Wildman–Crippen MR) is 122 cm³/mol. The molecule has 0 aliphatic rings. The van der Waals surface area contributed by atoms with Gasteiger partial charge in [-0.25, -0.2) is 0 Å². The Morgan fingerprint density at radius 2 is 1.61 bits per heavy atom. The van der Waals surface area contributed by atoms with Crippen molar-refractivity contribution in [3.05, 3.63) is 59.2 Å². The first-order valence-corrected chi connectivity index (χ1v) is 10.4. The standard InChI is InChI=1S/C25H34N2O4/c1-17-8-11-22(14-18(17)2)31-16-23(28)27(19(3)24(29)26-25(4,5)6)15-20-9-12-21(30-7)13-10-20/h8-14,19H,15-16H2,1-7H3,(H,26,29). The molecule has 31 heavy (non-hydrogen) atoms. The molecule has 0 saturated heterocycles. The van der Waals surface area contributed by atoms with Gasteiger partial charge in [0.1, 0.15) is 17.5 Å². The van der Waals surface area contributed by atoms with Gasteiger partial charge in [-0.2, -0.15) is 0 Å². The van der Waals surface area contributed by atoms with E-state index in [0.717, 1.165) is 22.4 Å². The molecule has 0 saturated carbocycles. The van der Waals surface area contributed by atoms with Crippen LogP contribution in [0.2, 0.25) is 0 Å². The summed E-state index contributed by atoms with van der Waals surface area (Å²) in [6, 6.07) is 12.5. The Bertz CT molecular complexity index is 901. The number of ether oxygens (including phenoxy) is 2. The quantitative estimate of drug-likeness (QED) is 0.692. The van der Waals surface area contributed by atoms with Gasteiger partial charge in [-0.05, 0) is 82.5 Å². The summed E-state index contributed by atoms with van der Waals surface area (Å²) in [5.41, 5.74) is 2.76. The highest BCUT2D eigenvalue weighted by atomic mass is 16.5. The molecular weight excluding hydrogens is 392 g/mol. The van der Waals surface area contributed by atoms with E-state index in [4.69, 9.17) is 9.47 Å². The number of aryl methyl sites for hydroxylation is 2. The van der Waals surface area contributed by atoms with Crippen LogP contribution < -0.4 is 14.8 Å². The minimum atomic E-state index is -0.655. The summed E-state index contributed by atoms with van der Waals surface area (Å²) >= 11 is 0. The van der Waals surface area contributed by atoms with Gasteiger partial charge >= 0.3 is 0 Å². The van der Waals surface area contributed by atoms with Crippen LogP contribution in [0.3, 0.4) is 0 Å². The Balaban J connectivity index is 2.18. The Morgan fingerprint density at radius 3 is 2.16 bits per heavy atom. The maximum Gasteiger partial charge on any atom is 0.261 e. The van der Waals surface area contributed by atoms with Gasteiger partial charge in [0.05, 0.1) is 7.11 Å². The molecule has 2 aromatic rings. The fourth-order valence-corrected chi connectivity index (χ4v) is 3.02. The zero-order valence-electron chi connectivity index (χ0n) is 19.6. The van der Waals surface area contributed by atoms with Gasteiger partial charge in [-0.3, -0.25) is 9.59 Å². The van der Waals surface area contributed by atoms with Gasteiger partial charge in [0.2, 0.25) is 5.91 Å². The van der Waals surface area contributed by atoms with E-state index in [2.05, 4.69) is 5.32 Å². The zero-order valence-corrected chi connectivity index (χ0v) is 19.6. The van der Waals surface area contributed by atoms with Crippen LogP contribution >= 0.6 is 0 Å². The van der Waals surface area contributed by atoms with E-state index in [1.807, 2.05) is 77.1 Å². The van der Waals surface area contributed by atoms with E-state index in [1.54, 1.807) is 18.9 Å². The van der Waals surface area contributed by atoms with E-state index >= 15 is 0 Å². The molecule has 0 bridgehead atoms. The number of methoxy groups -OCH3 is 1. The van der Waals surface area contributed by atoms with Crippen LogP contribution in [-0.4, -0.2) is 42.0 Å². The third kappa shape index (κ3) is 7.31. The molecule has 6 heteroatoms. The van der Waals surface area contributed by atoms with E-state index in [0.29, 0.717) is 5.75 Å². The fourth-order valence-electron chi connectivity index (χ4n) is 3.02. The van der Waals surface area contributed by atoms with Crippen molar-refractivity contribution in [2.45, 2.75) is 59.7 Å². The maximum atomic E-state index is 13.1. The van der Waals surface area contributed by atoms with Gasteiger partial charge in [-0.1, -0.05) is 18.2 Å². The highest BCUT2D eigenvalue weighted by Gasteiger charge is 2.28. The van der Waals surface area contributed by atoms with Gasteiger partial charge < -0.3 is 19.7 Å². The lowest BCUT2D eigenvalue weighted by Gasteiger charge is -2.31. The Kier molecular flexibility index (Phi) is 8.08. The molecule has 0 spiro atoms. The summed E-state index contributed by atoms with van der Waals surface area (Å²) in [7, 11) is 1.61. The van der Waals surface area contributed by atoms with Gasteiger partial charge in [-0.15, -0.1) is 0 Å². The maximum absolute atomic E-state index is 13.1. The molecular formula is C25H34N2O4. The molecule has 0 aliphatic heterocycles. The summed E-state index contributed by atoms with van der Waals surface area (Å²) in [5, 5.41) is 2.95. The average Bonchev–Trinajstić information content (AvgIpc) is 2.71. The first-order chi connectivity index (χ1) is 14.5. The Hall–Kier alpha value is -3.02. The molecule has 6 nitrogen and oxygen atoms in total. The van der Waals surface area contributed by atoms with Crippen LogP contribution in [0, 0.1) is 13.8 Å². The first kappa shape index (κ1) is 24.3. The molecule has 168 valence electrons. The van der Waals surface area contributed by atoms with Gasteiger partial charge in [0.25, 0.3) is 5.91 Å². The van der Waals surface area contributed by atoms with Crippen molar-refractivity contribution in [3.8, 4) is 11.5 Å². The topological polar surface area (TPSA) is 67.9 Å². The molecule has 2 rings (SSSR count). The van der Waals surface area contributed by atoms with Crippen molar-refractivity contribution in [1.82, 2.24) is 10.2 Å². The van der Waals surface area contributed by atoms with Crippen molar-refractivity contribution in [2.75, 3.05) is 13.7 Å². The molecule has 0 fully saturated rings. The molecule has 2 aromatic carbocycles. The normalized spacial score (nSPS) is 12.1. The number of hydrogen-bond acceptors (Lipinski definition) is 4. The number of nitrogens with zero attached hydrogens (tertiary/aromatic N) is 1. The van der Waals surface area contributed by atoms with E-state index in [-0.39, 0.29) is 25.0 Å². The SMILES string of the molecule is COc1ccc(CN(C(=O)COc2ccc(C)c(C)c2)C(C)C(=O)NC(C)(C)C)cc1. The molecule has 2 amide bonds. The van der Waals surface area contributed by atoms with Crippen molar-refractivity contribution in [3.63, 3.8) is 0 Å². The summed E-state index contributed by atoms with van der Waals surface area (Å²) in [4.78, 5) is 27.4. The first-order valence-electron chi connectivity index (χ1n) is 10.4. The largest absolute Gasteiger partial charge is 0.497 e. The van der Waals surface area contributed by atoms with E-state index in [1.165, 1.54) is 0 Å². The van der Waals surface area contributed by atoms with Crippen LogP contribution in [0.25, 0.3) is 0 Å². The summed E-state index contributed by atoms with van der Waals surface area (Å²) < 4.78 is 10.9.